The van der Waals surface area contributed by atoms with E-state index in [9.17, 15) is 9.59 Å². The molecule has 0 heterocycles. The van der Waals surface area contributed by atoms with Crippen LogP contribution in [0.3, 0.4) is 0 Å². The van der Waals surface area contributed by atoms with E-state index in [1.165, 1.54) is 0 Å². The molecule has 0 spiro atoms. The number of ether oxygens (including phenoxy) is 4. The van der Waals surface area contributed by atoms with E-state index < -0.39 is 11.9 Å². The van der Waals surface area contributed by atoms with Crippen LogP contribution in [0, 0.1) is 6.92 Å². The van der Waals surface area contributed by atoms with Crippen LogP contribution in [0.1, 0.15) is 12.5 Å². The van der Waals surface area contributed by atoms with Gasteiger partial charge in [-0.1, -0.05) is 12.1 Å². The summed E-state index contributed by atoms with van der Waals surface area (Å²) in [6.07, 6.45) is 0. The summed E-state index contributed by atoms with van der Waals surface area (Å²) in [6.45, 7) is 4.43. The molecule has 150 valence electrons. The predicted molar refractivity (Wildman–Crippen MR) is 104 cm³/mol. The Kier molecular flexibility index (Phi) is 8.65. The van der Waals surface area contributed by atoms with Gasteiger partial charge in [-0.2, -0.15) is 0 Å². The molecule has 0 radical (unpaired) electrons. The van der Waals surface area contributed by atoms with Gasteiger partial charge in [0.1, 0.15) is 23.9 Å². The van der Waals surface area contributed by atoms with Crippen molar-refractivity contribution in [1.82, 2.24) is 5.32 Å². The van der Waals surface area contributed by atoms with Crippen molar-refractivity contribution in [2.75, 3.05) is 33.0 Å². The van der Waals surface area contributed by atoms with E-state index in [1.54, 1.807) is 18.2 Å². The van der Waals surface area contributed by atoms with E-state index >= 15 is 0 Å². The molecule has 0 fully saturated rings. The zero-order valence-electron chi connectivity index (χ0n) is 16.1. The lowest BCUT2D eigenvalue weighted by Crippen LogP contribution is -2.32. The summed E-state index contributed by atoms with van der Waals surface area (Å²) in [7, 11) is 0. The monoisotopic (exact) mass is 387 g/mol. The minimum atomic E-state index is -0.609. The molecule has 7 nitrogen and oxygen atoms in total. The predicted octanol–water partition coefficient (Wildman–Crippen LogP) is 2.51. The Labute approximate surface area is 164 Å². The first kappa shape index (κ1) is 21.1. The van der Waals surface area contributed by atoms with Crippen LogP contribution in [-0.2, 0) is 14.3 Å². The molecule has 0 atom stereocenters. The minimum absolute atomic E-state index is 0.252. The van der Waals surface area contributed by atoms with E-state index in [1.807, 2.05) is 44.2 Å². The first-order chi connectivity index (χ1) is 13.6. The normalized spacial score (nSPS) is 10.1. The molecular weight excluding hydrogens is 362 g/mol. The van der Waals surface area contributed by atoms with E-state index in [0.717, 1.165) is 11.3 Å². The molecule has 2 aromatic rings. The molecule has 2 aromatic carbocycles. The van der Waals surface area contributed by atoms with Crippen LogP contribution in [0.2, 0.25) is 0 Å². The second-order valence-corrected chi connectivity index (χ2v) is 5.87. The summed E-state index contributed by atoms with van der Waals surface area (Å²) in [4.78, 5) is 23.3. The molecular formula is C21H25NO6. The summed E-state index contributed by atoms with van der Waals surface area (Å²) in [5.74, 6) is 1.02. The van der Waals surface area contributed by atoms with Crippen LogP contribution < -0.4 is 19.5 Å². The third kappa shape index (κ3) is 7.99. The molecule has 0 saturated carbocycles. The maximum Gasteiger partial charge on any atom is 0.344 e. The molecule has 28 heavy (non-hydrogen) atoms. The number of hydrogen-bond acceptors (Lipinski definition) is 6. The average molecular weight is 387 g/mol. The Hall–Kier alpha value is -3.22. The van der Waals surface area contributed by atoms with E-state index in [2.05, 4.69) is 5.32 Å². The Morgan fingerprint density at radius 3 is 2.29 bits per heavy atom. The Balaban J connectivity index is 1.56. The third-order valence-corrected chi connectivity index (χ3v) is 3.54. The fourth-order valence-electron chi connectivity index (χ4n) is 2.24. The summed E-state index contributed by atoms with van der Waals surface area (Å²) in [5.41, 5.74) is 1.03. The summed E-state index contributed by atoms with van der Waals surface area (Å²) >= 11 is 0. The van der Waals surface area contributed by atoms with Crippen LogP contribution >= 0.6 is 0 Å². The van der Waals surface area contributed by atoms with E-state index in [-0.39, 0.29) is 13.2 Å². The molecule has 2 rings (SSSR count). The maximum absolute atomic E-state index is 11.7. The number of benzene rings is 2. The van der Waals surface area contributed by atoms with Crippen LogP contribution in [0.15, 0.2) is 48.5 Å². The number of amides is 1. The first-order valence-corrected chi connectivity index (χ1v) is 9.04. The van der Waals surface area contributed by atoms with Gasteiger partial charge in [-0.15, -0.1) is 0 Å². The van der Waals surface area contributed by atoms with Crippen molar-refractivity contribution in [2.45, 2.75) is 13.8 Å². The molecule has 1 amide bonds. The van der Waals surface area contributed by atoms with Crippen molar-refractivity contribution in [2.24, 2.45) is 0 Å². The minimum Gasteiger partial charge on any atom is -0.494 e. The number of esters is 1. The topological polar surface area (TPSA) is 83.1 Å². The van der Waals surface area contributed by atoms with Crippen molar-refractivity contribution in [3.63, 3.8) is 0 Å². The SMILES string of the molecule is CCOc1ccc(OCCNC(=O)COC(=O)COc2cccc(C)c2)cc1. The van der Waals surface area contributed by atoms with Gasteiger partial charge in [0.05, 0.1) is 13.2 Å². The second-order valence-electron chi connectivity index (χ2n) is 5.87. The van der Waals surface area contributed by atoms with Crippen molar-refractivity contribution in [1.29, 1.82) is 0 Å². The quantitative estimate of drug-likeness (QED) is 0.471. The number of nitrogens with one attached hydrogen (secondary N) is 1. The van der Waals surface area contributed by atoms with Gasteiger partial charge in [-0.05, 0) is 55.8 Å². The number of hydrogen-bond donors (Lipinski definition) is 1. The molecule has 0 aliphatic carbocycles. The van der Waals surface area contributed by atoms with Crippen LogP contribution in [0.5, 0.6) is 17.2 Å². The fourth-order valence-corrected chi connectivity index (χ4v) is 2.24. The van der Waals surface area contributed by atoms with Crippen molar-refractivity contribution < 1.29 is 28.5 Å². The van der Waals surface area contributed by atoms with E-state index in [0.29, 0.717) is 31.3 Å². The van der Waals surface area contributed by atoms with Gasteiger partial charge in [0, 0.05) is 0 Å². The van der Waals surface area contributed by atoms with Gasteiger partial charge in [0.25, 0.3) is 5.91 Å². The van der Waals surface area contributed by atoms with Gasteiger partial charge in [0.15, 0.2) is 13.2 Å². The third-order valence-electron chi connectivity index (χ3n) is 3.54. The highest BCUT2D eigenvalue weighted by Gasteiger charge is 2.08. The smallest absolute Gasteiger partial charge is 0.344 e. The lowest BCUT2D eigenvalue weighted by molar-refractivity contribution is -0.150. The molecule has 0 aliphatic heterocycles. The van der Waals surface area contributed by atoms with E-state index in [4.69, 9.17) is 18.9 Å². The zero-order chi connectivity index (χ0) is 20.2. The van der Waals surface area contributed by atoms with Crippen LogP contribution in [0.4, 0.5) is 0 Å². The molecule has 0 saturated heterocycles. The standard InChI is InChI=1S/C21H25NO6/c1-3-25-17-7-9-18(10-8-17)26-12-11-22-20(23)14-28-21(24)15-27-19-6-4-5-16(2)13-19/h4-10,13H,3,11-12,14-15H2,1-2H3,(H,22,23). The number of aryl methyl sites for hydroxylation is 1. The highest BCUT2D eigenvalue weighted by atomic mass is 16.6. The number of carbonyl (C=O) groups excluding carboxylic acids is 2. The Bertz CT molecular complexity index is 760. The van der Waals surface area contributed by atoms with Gasteiger partial charge in [-0.25, -0.2) is 4.79 Å². The fraction of sp³-hybridized carbons (Fsp3) is 0.333. The van der Waals surface area contributed by atoms with Crippen molar-refractivity contribution in [3.8, 4) is 17.2 Å². The highest BCUT2D eigenvalue weighted by molar-refractivity contribution is 5.80. The zero-order valence-corrected chi connectivity index (χ0v) is 16.1. The summed E-state index contributed by atoms with van der Waals surface area (Å²) in [6, 6.07) is 14.5. The van der Waals surface area contributed by atoms with Gasteiger partial charge in [-0.3, -0.25) is 4.79 Å². The highest BCUT2D eigenvalue weighted by Crippen LogP contribution is 2.17. The Morgan fingerprint density at radius 1 is 0.893 bits per heavy atom. The largest absolute Gasteiger partial charge is 0.494 e. The molecule has 0 aromatic heterocycles. The van der Waals surface area contributed by atoms with Crippen LogP contribution in [-0.4, -0.2) is 44.8 Å². The lowest BCUT2D eigenvalue weighted by atomic mass is 10.2. The molecule has 0 unspecified atom stereocenters. The van der Waals surface area contributed by atoms with Crippen molar-refractivity contribution >= 4 is 11.9 Å². The molecule has 0 aliphatic rings. The second kappa shape index (κ2) is 11.5. The summed E-state index contributed by atoms with van der Waals surface area (Å²) < 4.78 is 21.1. The number of carbonyl (C=O) groups is 2. The molecule has 0 bridgehead atoms. The lowest BCUT2D eigenvalue weighted by Gasteiger charge is -2.10. The Morgan fingerprint density at radius 2 is 1.61 bits per heavy atom. The molecule has 1 N–H and O–H groups in total. The van der Waals surface area contributed by atoms with Gasteiger partial charge in [0.2, 0.25) is 0 Å². The molecule has 7 heteroatoms. The van der Waals surface area contributed by atoms with Crippen molar-refractivity contribution in [3.05, 3.63) is 54.1 Å². The van der Waals surface area contributed by atoms with Crippen LogP contribution in [0.25, 0.3) is 0 Å². The average Bonchev–Trinajstić information content (AvgIpc) is 2.69. The van der Waals surface area contributed by atoms with Gasteiger partial charge < -0.3 is 24.3 Å². The maximum atomic E-state index is 11.7. The number of rotatable bonds is 11. The van der Waals surface area contributed by atoms with Gasteiger partial charge >= 0.3 is 5.97 Å². The summed E-state index contributed by atoms with van der Waals surface area (Å²) in [5, 5.41) is 2.61. The first-order valence-electron chi connectivity index (χ1n) is 9.04.